The van der Waals surface area contributed by atoms with Crippen LogP contribution in [-0.4, -0.2) is 40.1 Å². The topological polar surface area (TPSA) is 100 Å². The number of halogens is 4. The van der Waals surface area contributed by atoms with Crippen molar-refractivity contribution in [1.82, 2.24) is 10.6 Å². The maximum Gasteiger partial charge on any atom is 0.243 e. The highest BCUT2D eigenvalue weighted by molar-refractivity contribution is 6.30. The number of hydrogen-bond acceptors (Lipinski definition) is 4. The smallest absolute Gasteiger partial charge is 0.243 e. The van der Waals surface area contributed by atoms with Crippen LogP contribution in [0.2, 0.25) is 5.02 Å². The Labute approximate surface area is 229 Å². The highest BCUT2D eigenvalue weighted by Crippen LogP contribution is 2.79. The van der Waals surface area contributed by atoms with Crippen molar-refractivity contribution in [2.45, 2.75) is 87.4 Å². The molecule has 0 aromatic heterocycles. The van der Waals surface area contributed by atoms with Gasteiger partial charge >= 0.3 is 0 Å². The summed E-state index contributed by atoms with van der Waals surface area (Å²) in [5, 5.41) is 18.9. The number of rotatable bonds is 4. The van der Waals surface area contributed by atoms with Gasteiger partial charge in [0.1, 0.15) is 16.8 Å². The lowest BCUT2D eigenvalue weighted by Crippen LogP contribution is -2.73. The standard InChI is InChI=1S/C29H31ClF3N3O3/c1-26(2,3)13-27-28(17-11-19(31)20(32)12-21(17)35-24(28)38)23(16-5-4-6-18(30)22(16)33)29(27,36-27)25(39)34-14-7-9-15(37)10-8-14/h4-6,11-12,14-15,23,36-37H,7-10,13H2,1-3H3,(H,34,39)(H,35,38)/t14?,15?,23-,27+,28+,29+/m1/s1. The number of anilines is 1. The number of carbonyl (C=O) groups is 2. The third-order valence-electron chi connectivity index (χ3n) is 9.13. The van der Waals surface area contributed by atoms with Crippen molar-refractivity contribution in [3.8, 4) is 0 Å². The summed E-state index contributed by atoms with van der Waals surface area (Å²) in [4.78, 5) is 28.3. The van der Waals surface area contributed by atoms with Crippen LogP contribution in [-0.2, 0) is 15.0 Å². The molecule has 6 nitrogen and oxygen atoms in total. The summed E-state index contributed by atoms with van der Waals surface area (Å²) < 4.78 is 44.8. The maximum atomic E-state index is 15.8. The van der Waals surface area contributed by atoms with Gasteiger partial charge in [0.15, 0.2) is 11.6 Å². The lowest BCUT2D eigenvalue weighted by atomic mass is 9.41. The van der Waals surface area contributed by atoms with E-state index < -0.39 is 57.3 Å². The molecular formula is C29H31ClF3N3O3. The van der Waals surface area contributed by atoms with Crippen LogP contribution in [0.25, 0.3) is 0 Å². The second kappa shape index (κ2) is 8.44. The molecule has 208 valence electrons. The van der Waals surface area contributed by atoms with Crippen molar-refractivity contribution in [3.63, 3.8) is 0 Å². The van der Waals surface area contributed by atoms with Gasteiger partial charge in [-0.3, -0.25) is 14.9 Å². The third kappa shape index (κ3) is 3.42. The van der Waals surface area contributed by atoms with Gasteiger partial charge in [0, 0.05) is 23.7 Å². The molecule has 1 saturated heterocycles. The van der Waals surface area contributed by atoms with E-state index in [0.717, 1.165) is 12.1 Å². The van der Waals surface area contributed by atoms with Crippen LogP contribution in [0.5, 0.6) is 0 Å². The van der Waals surface area contributed by atoms with Gasteiger partial charge in [0.2, 0.25) is 11.8 Å². The fourth-order valence-corrected chi connectivity index (χ4v) is 7.97. The number of carbonyl (C=O) groups excluding carboxylic acids is 2. The molecule has 4 N–H and O–H groups in total. The van der Waals surface area contributed by atoms with Gasteiger partial charge in [-0.25, -0.2) is 13.2 Å². The van der Waals surface area contributed by atoms with E-state index in [1.54, 1.807) is 6.07 Å². The van der Waals surface area contributed by atoms with Gasteiger partial charge < -0.3 is 15.7 Å². The number of aliphatic hydroxyl groups excluding tert-OH is 1. The molecule has 39 heavy (non-hydrogen) atoms. The Kier molecular flexibility index (Phi) is 5.76. The average molecular weight is 562 g/mol. The number of amides is 2. The zero-order chi connectivity index (χ0) is 28.1. The summed E-state index contributed by atoms with van der Waals surface area (Å²) in [6, 6.07) is 6.16. The van der Waals surface area contributed by atoms with Gasteiger partial charge in [0.05, 0.1) is 16.7 Å². The summed E-state index contributed by atoms with van der Waals surface area (Å²) >= 11 is 6.18. The van der Waals surface area contributed by atoms with Gasteiger partial charge in [-0.2, -0.15) is 0 Å². The molecule has 4 atom stereocenters. The van der Waals surface area contributed by atoms with E-state index in [1.165, 1.54) is 12.1 Å². The molecule has 2 aromatic carbocycles. The van der Waals surface area contributed by atoms with Gasteiger partial charge in [0.25, 0.3) is 0 Å². The largest absolute Gasteiger partial charge is 0.393 e. The van der Waals surface area contributed by atoms with Gasteiger partial charge in [-0.1, -0.05) is 44.5 Å². The minimum Gasteiger partial charge on any atom is -0.393 e. The Morgan fingerprint density at radius 1 is 1.13 bits per heavy atom. The van der Waals surface area contributed by atoms with Gasteiger partial charge in [-0.15, -0.1) is 0 Å². The molecule has 2 aromatic rings. The molecule has 2 heterocycles. The Morgan fingerprint density at radius 3 is 2.46 bits per heavy atom. The van der Waals surface area contributed by atoms with Crippen LogP contribution in [0.4, 0.5) is 18.9 Å². The highest BCUT2D eigenvalue weighted by Gasteiger charge is 2.97. The van der Waals surface area contributed by atoms with E-state index in [-0.39, 0.29) is 33.8 Å². The number of nitrogens with one attached hydrogen (secondary N) is 3. The summed E-state index contributed by atoms with van der Waals surface area (Å²) in [5.41, 5.74) is -4.26. The second-order valence-electron chi connectivity index (χ2n) is 12.7. The molecule has 6 rings (SSSR count). The molecule has 1 spiro atoms. The second-order valence-corrected chi connectivity index (χ2v) is 13.1. The van der Waals surface area contributed by atoms with Crippen molar-refractivity contribution >= 4 is 29.1 Å². The maximum absolute atomic E-state index is 15.8. The molecule has 2 aliphatic carbocycles. The first kappa shape index (κ1) is 26.6. The first-order chi connectivity index (χ1) is 18.3. The quantitative estimate of drug-likeness (QED) is 0.407. The third-order valence-corrected chi connectivity index (χ3v) is 9.42. The molecule has 0 bridgehead atoms. The van der Waals surface area contributed by atoms with Gasteiger partial charge in [-0.05, 0) is 60.8 Å². The van der Waals surface area contributed by atoms with Crippen LogP contribution in [0.3, 0.4) is 0 Å². The predicted molar refractivity (Wildman–Crippen MR) is 140 cm³/mol. The fraction of sp³-hybridized carbons (Fsp3) is 0.517. The Bertz CT molecular complexity index is 1410. The zero-order valence-electron chi connectivity index (χ0n) is 21.9. The van der Waals surface area contributed by atoms with E-state index in [2.05, 4.69) is 16.0 Å². The predicted octanol–water partition coefficient (Wildman–Crippen LogP) is 4.68. The Balaban J connectivity index is 1.56. The van der Waals surface area contributed by atoms with E-state index >= 15 is 4.39 Å². The minimum absolute atomic E-state index is 0.0546. The summed E-state index contributed by atoms with van der Waals surface area (Å²) in [6.45, 7) is 5.90. The number of aliphatic hydroxyl groups is 1. The monoisotopic (exact) mass is 561 g/mol. The molecule has 4 aliphatic rings. The number of hydrogen-bond donors (Lipinski definition) is 4. The first-order valence-corrected chi connectivity index (χ1v) is 13.7. The van der Waals surface area contributed by atoms with E-state index in [4.69, 9.17) is 11.6 Å². The van der Waals surface area contributed by atoms with Crippen molar-refractivity contribution in [1.29, 1.82) is 0 Å². The zero-order valence-corrected chi connectivity index (χ0v) is 22.7. The summed E-state index contributed by atoms with van der Waals surface area (Å²) in [7, 11) is 0. The average Bonchev–Trinajstić information content (AvgIpc) is 3.30. The minimum atomic E-state index is -1.60. The van der Waals surface area contributed by atoms with Crippen LogP contribution < -0.4 is 16.0 Å². The van der Waals surface area contributed by atoms with E-state index in [1.807, 2.05) is 20.8 Å². The lowest BCUT2D eigenvalue weighted by molar-refractivity contribution is -0.136. The van der Waals surface area contributed by atoms with Crippen molar-refractivity contribution in [2.75, 3.05) is 5.32 Å². The SMILES string of the molecule is CC(C)(C)C[C@@]12N[C@]1(C(=O)NC1CCC(O)CC1)[C@H](c1cccc(Cl)c1F)[C@@]21C(=O)Nc2cc(F)c(F)cc21. The molecule has 10 heteroatoms. The van der Waals surface area contributed by atoms with E-state index in [9.17, 15) is 23.5 Å². The summed E-state index contributed by atoms with van der Waals surface area (Å²) in [6.07, 6.45) is 2.19. The lowest BCUT2D eigenvalue weighted by Gasteiger charge is -2.56. The van der Waals surface area contributed by atoms with Crippen LogP contribution in [0, 0.1) is 22.9 Å². The molecule has 3 fully saturated rings. The molecule has 2 amide bonds. The molecule has 2 aliphatic heterocycles. The van der Waals surface area contributed by atoms with E-state index in [0.29, 0.717) is 32.1 Å². The number of fused-ring (bicyclic) bond motifs is 4. The molecule has 2 saturated carbocycles. The van der Waals surface area contributed by atoms with Crippen molar-refractivity contribution in [3.05, 3.63) is 63.9 Å². The van der Waals surface area contributed by atoms with Crippen molar-refractivity contribution < 1.29 is 27.9 Å². The fourth-order valence-electron chi connectivity index (χ4n) is 7.79. The number of benzene rings is 2. The normalized spacial score (nSPS) is 34.7. The Hall–Kier alpha value is -2.62. The Morgan fingerprint density at radius 2 is 1.79 bits per heavy atom. The van der Waals surface area contributed by atoms with Crippen molar-refractivity contribution in [2.24, 2.45) is 5.41 Å². The molecule has 0 radical (unpaired) electrons. The first-order valence-electron chi connectivity index (χ1n) is 13.3. The van der Waals surface area contributed by atoms with Crippen LogP contribution in [0.15, 0.2) is 30.3 Å². The summed E-state index contributed by atoms with van der Waals surface area (Å²) in [5.74, 6) is -5.04. The van der Waals surface area contributed by atoms with Crippen LogP contribution in [0.1, 0.15) is 69.9 Å². The molecular weight excluding hydrogens is 531 g/mol. The molecule has 0 unspecified atom stereocenters. The highest BCUT2D eigenvalue weighted by atomic mass is 35.5. The van der Waals surface area contributed by atoms with Crippen LogP contribution >= 0.6 is 11.6 Å².